The Hall–Kier alpha value is -1.44. The minimum absolute atomic E-state index is 0. The molecule has 0 spiro atoms. The van der Waals surface area contributed by atoms with E-state index >= 15 is 0 Å². The van der Waals surface area contributed by atoms with Gasteiger partial charge in [0.05, 0.1) is 0 Å². The Bertz CT molecular complexity index is 581. The third kappa shape index (κ3) is 3.66. The van der Waals surface area contributed by atoms with Crippen LogP contribution in [0.25, 0.3) is 11.2 Å². The number of hydrogen-bond acceptors (Lipinski definition) is 2. The normalized spacial score (nSPS) is 25.4. The predicted molar refractivity (Wildman–Crippen MR) is 95.2 cm³/mol. The SMILES string of the molecule is CC.CC/C=C\CC1CCC[C@H](c2ccc3ooc3c2)[C@H]1C.[HH]. The van der Waals surface area contributed by atoms with Crippen LogP contribution in [0, 0.1) is 11.8 Å². The fourth-order valence-electron chi connectivity index (χ4n) is 3.64. The van der Waals surface area contributed by atoms with E-state index in [1.54, 1.807) is 0 Å². The Balaban J connectivity index is 0.000000849. The lowest BCUT2D eigenvalue weighted by molar-refractivity contribution is 0.0587. The molecule has 22 heavy (non-hydrogen) atoms. The number of allylic oxidation sites excluding steroid dienone is 2. The van der Waals surface area contributed by atoms with Crippen LogP contribution in [0.1, 0.15) is 72.7 Å². The van der Waals surface area contributed by atoms with Gasteiger partial charge in [0.25, 0.3) is 0 Å². The summed E-state index contributed by atoms with van der Waals surface area (Å²) in [5, 5.41) is 0. The van der Waals surface area contributed by atoms with Crippen LogP contribution >= 0.6 is 0 Å². The van der Waals surface area contributed by atoms with Gasteiger partial charge in [-0.15, -0.1) is 0 Å². The molecule has 0 radical (unpaired) electrons. The first kappa shape index (κ1) is 16.9. The molecule has 0 amide bonds. The lowest BCUT2D eigenvalue weighted by Gasteiger charge is -2.36. The monoisotopic (exact) mass is 304 g/mol. The summed E-state index contributed by atoms with van der Waals surface area (Å²) in [6, 6.07) is 6.43. The maximum Gasteiger partial charge on any atom is 0.225 e. The summed E-state index contributed by atoms with van der Waals surface area (Å²) < 4.78 is 9.96. The second kappa shape index (κ2) is 8.26. The van der Waals surface area contributed by atoms with Gasteiger partial charge in [0.2, 0.25) is 11.2 Å². The molecule has 0 aliphatic heterocycles. The summed E-state index contributed by atoms with van der Waals surface area (Å²) in [4.78, 5) is 0. The fourth-order valence-corrected chi connectivity index (χ4v) is 3.64. The molecule has 0 saturated heterocycles. The van der Waals surface area contributed by atoms with Crippen molar-refractivity contribution < 1.29 is 10.6 Å². The van der Waals surface area contributed by atoms with Crippen LogP contribution in [-0.4, -0.2) is 0 Å². The second-order valence-corrected chi connectivity index (χ2v) is 6.14. The number of fused-ring (bicyclic) bond motifs is 1. The van der Waals surface area contributed by atoms with Crippen LogP contribution < -0.4 is 0 Å². The highest BCUT2D eigenvalue weighted by Gasteiger charge is 2.30. The summed E-state index contributed by atoms with van der Waals surface area (Å²) in [6.45, 7) is 8.62. The van der Waals surface area contributed by atoms with E-state index in [9.17, 15) is 0 Å². The summed E-state index contributed by atoms with van der Waals surface area (Å²) in [5.41, 5.74) is 3.20. The van der Waals surface area contributed by atoms with Crippen molar-refractivity contribution in [2.24, 2.45) is 11.8 Å². The highest BCUT2D eigenvalue weighted by molar-refractivity contribution is 5.71. The smallest absolute Gasteiger partial charge is 0.225 e. The first-order valence-electron chi connectivity index (χ1n) is 8.93. The molecule has 3 atom stereocenters. The van der Waals surface area contributed by atoms with Crippen molar-refractivity contribution in [2.45, 2.75) is 65.7 Å². The molecule has 1 unspecified atom stereocenters. The summed E-state index contributed by atoms with van der Waals surface area (Å²) >= 11 is 0. The molecule has 2 aromatic rings. The van der Waals surface area contributed by atoms with E-state index in [1.807, 2.05) is 19.9 Å². The largest absolute Gasteiger partial charge is 0.286 e. The van der Waals surface area contributed by atoms with Crippen molar-refractivity contribution >= 4 is 11.2 Å². The maximum atomic E-state index is 5.04. The summed E-state index contributed by atoms with van der Waals surface area (Å²) in [7, 11) is 0. The van der Waals surface area contributed by atoms with Gasteiger partial charge in [0.15, 0.2) is 0 Å². The second-order valence-electron chi connectivity index (χ2n) is 6.14. The number of benzene rings is 1. The van der Waals surface area contributed by atoms with E-state index in [4.69, 9.17) is 9.15 Å². The molecule has 3 rings (SSSR count). The van der Waals surface area contributed by atoms with Gasteiger partial charge >= 0.3 is 0 Å². The minimum Gasteiger partial charge on any atom is -0.286 e. The zero-order valence-electron chi connectivity index (χ0n) is 14.5. The van der Waals surface area contributed by atoms with Crippen molar-refractivity contribution in [1.29, 1.82) is 0 Å². The van der Waals surface area contributed by atoms with Gasteiger partial charge in [-0.1, -0.05) is 52.3 Å². The third-order valence-electron chi connectivity index (χ3n) is 4.93. The van der Waals surface area contributed by atoms with Gasteiger partial charge < -0.3 is 0 Å². The van der Waals surface area contributed by atoms with Crippen molar-refractivity contribution in [3.8, 4) is 0 Å². The average Bonchev–Trinajstić information content (AvgIpc) is 2.53. The molecule has 1 aliphatic rings. The van der Waals surface area contributed by atoms with E-state index in [2.05, 4.69) is 38.1 Å². The van der Waals surface area contributed by atoms with E-state index in [-0.39, 0.29) is 1.43 Å². The van der Waals surface area contributed by atoms with Crippen molar-refractivity contribution in [2.75, 3.05) is 0 Å². The first-order chi connectivity index (χ1) is 10.8. The lowest BCUT2D eigenvalue weighted by atomic mass is 9.69. The Kier molecular flexibility index (Phi) is 6.35. The van der Waals surface area contributed by atoms with E-state index in [0.29, 0.717) is 5.92 Å². The molecule has 1 aromatic heterocycles. The molecular formula is C20H32O2. The quantitative estimate of drug-likeness (QED) is 0.442. The van der Waals surface area contributed by atoms with Crippen LogP contribution in [0.5, 0.6) is 0 Å². The molecular weight excluding hydrogens is 272 g/mol. The van der Waals surface area contributed by atoms with Crippen LogP contribution in [-0.2, 0) is 0 Å². The Labute approximate surface area is 136 Å². The molecule has 1 saturated carbocycles. The van der Waals surface area contributed by atoms with Crippen LogP contribution in [0.15, 0.2) is 39.5 Å². The highest BCUT2D eigenvalue weighted by Crippen LogP contribution is 2.43. The summed E-state index contributed by atoms with van der Waals surface area (Å²) in [6.07, 6.45) is 11.1. The van der Waals surface area contributed by atoms with E-state index in [0.717, 1.165) is 29.4 Å². The minimum atomic E-state index is 0. The Morgan fingerprint density at radius 1 is 1.14 bits per heavy atom. The predicted octanol–water partition coefficient (Wildman–Crippen LogP) is 7.17. The summed E-state index contributed by atoms with van der Waals surface area (Å²) in [5.74, 6) is 2.22. The molecule has 1 fully saturated rings. The molecule has 2 nitrogen and oxygen atoms in total. The standard InChI is InChI=1S/C18H24O2.C2H6.H2/c1-3-4-5-7-14-8-6-9-16(13(14)2)15-10-11-17-18(12-15)20-19-17;1-2;/h4-5,10-14,16H,3,6-9H2,1-2H3;1-2H3;1H/b5-4-;;/t13-,14?,16-;;/m0../s1. The molecule has 2 heteroatoms. The fraction of sp³-hybridized carbons (Fsp3) is 0.600. The molecule has 1 aliphatic carbocycles. The number of rotatable bonds is 4. The van der Waals surface area contributed by atoms with Crippen molar-refractivity contribution in [3.63, 3.8) is 0 Å². The van der Waals surface area contributed by atoms with E-state index in [1.165, 1.54) is 31.2 Å². The van der Waals surface area contributed by atoms with Crippen LogP contribution in [0.2, 0.25) is 0 Å². The molecule has 1 aromatic carbocycles. The zero-order chi connectivity index (χ0) is 15.9. The van der Waals surface area contributed by atoms with Gasteiger partial charge in [-0.3, -0.25) is 9.15 Å². The van der Waals surface area contributed by atoms with Gasteiger partial charge in [-0.05, 0) is 61.1 Å². The lowest BCUT2D eigenvalue weighted by Crippen LogP contribution is -2.24. The topological polar surface area (TPSA) is 26.3 Å². The molecule has 1 heterocycles. The van der Waals surface area contributed by atoms with Gasteiger partial charge in [0.1, 0.15) is 0 Å². The Morgan fingerprint density at radius 2 is 1.91 bits per heavy atom. The highest BCUT2D eigenvalue weighted by atomic mass is 17.0. The van der Waals surface area contributed by atoms with Crippen LogP contribution in [0.3, 0.4) is 0 Å². The van der Waals surface area contributed by atoms with Crippen molar-refractivity contribution in [3.05, 3.63) is 35.9 Å². The average molecular weight is 304 g/mol. The third-order valence-corrected chi connectivity index (χ3v) is 4.93. The molecule has 0 N–H and O–H groups in total. The molecule has 0 bridgehead atoms. The van der Waals surface area contributed by atoms with E-state index < -0.39 is 0 Å². The van der Waals surface area contributed by atoms with Gasteiger partial charge in [-0.2, -0.15) is 0 Å². The van der Waals surface area contributed by atoms with Gasteiger partial charge in [0, 0.05) is 1.43 Å². The zero-order valence-corrected chi connectivity index (χ0v) is 14.5. The molecule has 124 valence electrons. The van der Waals surface area contributed by atoms with Crippen LogP contribution in [0.4, 0.5) is 0 Å². The Morgan fingerprint density at radius 3 is 2.55 bits per heavy atom. The maximum absolute atomic E-state index is 5.04. The van der Waals surface area contributed by atoms with Crippen molar-refractivity contribution in [1.82, 2.24) is 0 Å². The van der Waals surface area contributed by atoms with Gasteiger partial charge in [-0.25, -0.2) is 0 Å². The number of hydrogen-bond donors (Lipinski definition) is 0. The first-order valence-corrected chi connectivity index (χ1v) is 8.93.